The van der Waals surface area contributed by atoms with Crippen molar-refractivity contribution < 1.29 is 18.7 Å². The fourth-order valence-electron chi connectivity index (χ4n) is 4.06. The zero-order valence-corrected chi connectivity index (χ0v) is 22.3. The van der Waals surface area contributed by atoms with Gasteiger partial charge in [0.2, 0.25) is 5.91 Å². The van der Waals surface area contributed by atoms with Gasteiger partial charge in [-0.15, -0.1) is 0 Å². The molecule has 4 rings (SSSR count). The Bertz CT molecular complexity index is 1230. The van der Waals surface area contributed by atoms with Gasteiger partial charge in [-0.2, -0.15) is 0 Å². The number of hydrogen-bond acceptors (Lipinski definition) is 8. The number of ether oxygens (including phenoxy) is 2. The van der Waals surface area contributed by atoms with Crippen LogP contribution in [0.25, 0.3) is 0 Å². The van der Waals surface area contributed by atoms with Crippen molar-refractivity contribution in [2.45, 2.75) is 11.6 Å². The van der Waals surface area contributed by atoms with Crippen LogP contribution in [0.1, 0.15) is 5.56 Å². The van der Waals surface area contributed by atoms with E-state index in [-0.39, 0.29) is 17.5 Å². The summed E-state index contributed by atoms with van der Waals surface area (Å²) in [4.78, 5) is 25.4. The topological polar surface area (TPSA) is 79.8 Å². The molecule has 1 amide bonds. The number of amides is 1. The van der Waals surface area contributed by atoms with Gasteiger partial charge in [-0.25, -0.2) is 14.4 Å². The van der Waals surface area contributed by atoms with E-state index in [1.54, 1.807) is 32.4 Å². The predicted octanol–water partition coefficient (Wildman–Crippen LogP) is 4.06. The molecule has 1 saturated heterocycles. The molecule has 0 radical (unpaired) electrons. The van der Waals surface area contributed by atoms with Gasteiger partial charge in [0.05, 0.1) is 25.7 Å². The molecule has 1 aliphatic heterocycles. The minimum absolute atomic E-state index is 0.117. The first-order valence-corrected chi connectivity index (χ1v) is 13.2. The SMILES string of the molecule is COc1ccc(CCNC(=O)CSc2nc(Cl)cc(N3CCN(c4ccccc4F)CC3)n2)cc1OC. The highest BCUT2D eigenvalue weighted by molar-refractivity contribution is 7.99. The molecule has 0 unspecified atom stereocenters. The van der Waals surface area contributed by atoms with E-state index in [1.807, 2.05) is 29.2 Å². The summed E-state index contributed by atoms with van der Waals surface area (Å²) in [5.74, 6) is 1.86. The fourth-order valence-corrected chi connectivity index (χ4v) is 4.97. The summed E-state index contributed by atoms with van der Waals surface area (Å²) >= 11 is 7.49. The molecule has 0 aliphatic carbocycles. The third kappa shape index (κ3) is 7.17. The van der Waals surface area contributed by atoms with Crippen molar-refractivity contribution in [3.8, 4) is 11.5 Å². The second-order valence-corrected chi connectivity index (χ2v) is 9.66. The Hall–Kier alpha value is -3.24. The monoisotopic (exact) mass is 545 g/mol. The summed E-state index contributed by atoms with van der Waals surface area (Å²) in [5.41, 5.74) is 1.64. The maximum Gasteiger partial charge on any atom is 0.230 e. The van der Waals surface area contributed by atoms with E-state index in [1.165, 1.54) is 17.8 Å². The number of benzene rings is 2. The Morgan fingerprint density at radius 2 is 1.76 bits per heavy atom. The number of carbonyl (C=O) groups excluding carboxylic acids is 1. The summed E-state index contributed by atoms with van der Waals surface area (Å²) in [6.07, 6.45) is 0.660. The summed E-state index contributed by atoms with van der Waals surface area (Å²) in [6.45, 7) is 3.15. The molecule has 0 atom stereocenters. The Morgan fingerprint density at radius 1 is 1.03 bits per heavy atom. The molecule has 2 aromatic carbocycles. The average Bonchev–Trinajstić information content (AvgIpc) is 2.92. The number of halogens is 2. The van der Waals surface area contributed by atoms with Crippen LogP contribution in [0.5, 0.6) is 11.5 Å². The highest BCUT2D eigenvalue weighted by Crippen LogP contribution is 2.28. The number of methoxy groups -OCH3 is 2. The second-order valence-electron chi connectivity index (χ2n) is 8.33. The third-order valence-electron chi connectivity index (χ3n) is 5.97. The summed E-state index contributed by atoms with van der Waals surface area (Å²) in [5, 5.41) is 3.67. The highest BCUT2D eigenvalue weighted by Gasteiger charge is 2.21. The second kappa shape index (κ2) is 12.8. The van der Waals surface area contributed by atoms with E-state index in [0.29, 0.717) is 72.5 Å². The summed E-state index contributed by atoms with van der Waals surface area (Å²) in [7, 11) is 3.19. The summed E-state index contributed by atoms with van der Waals surface area (Å²) < 4.78 is 24.7. The minimum atomic E-state index is -0.221. The van der Waals surface area contributed by atoms with Crippen LogP contribution in [-0.4, -0.2) is 68.6 Å². The zero-order valence-electron chi connectivity index (χ0n) is 20.7. The molecule has 1 aromatic heterocycles. The van der Waals surface area contributed by atoms with Crippen molar-refractivity contribution >= 4 is 40.8 Å². The Labute approximate surface area is 225 Å². The molecule has 2 heterocycles. The lowest BCUT2D eigenvalue weighted by molar-refractivity contribution is -0.118. The van der Waals surface area contributed by atoms with Gasteiger partial charge >= 0.3 is 0 Å². The number of hydrogen-bond donors (Lipinski definition) is 1. The van der Waals surface area contributed by atoms with Crippen LogP contribution in [-0.2, 0) is 11.2 Å². The van der Waals surface area contributed by atoms with Crippen molar-refractivity contribution in [3.63, 3.8) is 0 Å². The number of anilines is 2. The van der Waals surface area contributed by atoms with Crippen LogP contribution < -0.4 is 24.6 Å². The van der Waals surface area contributed by atoms with E-state index in [4.69, 9.17) is 21.1 Å². The molecule has 0 spiro atoms. The molecule has 3 aromatic rings. The number of thioether (sulfide) groups is 1. The maximum atomic E-state index is 14.1. The van der Waals surface area contributed by atoms with Crippen LogP contribution >= 0.6 is 23.4 Å². The van der Waals surface area contributed by atoms with Crippen molar-refractivity contribution in [2.24, 2.45) is 0 Å². The first-order chi connectivity index (χ1) is 18.0. The zero-order chi connectivity index (χ0) is 26.2. The lowest BCUT2D eigenvalue weighted by atomic mass is 10.1. The number of carbonyl (C=O) groups is 1. The number of nitrogens with one attached hydrogen (secondary N) is 1. The molecule has 0 bridgehead atoms. The number of rotatable bonds is 10. The number of aromatic nitrogens is 2. The smallest absolute Gasteiger partial charge is 0.230 e. The molecule has 1 N–H and O–H groups in total. The number of piperazine rings is 1. The van der Waals surface area contributed by atoms with Crippen molar-refractivity contribution in [1.29, 1.82) is 0 Å². The van der Waals surface area contributed by atoms with Crippen molar-refractivity contribution in [1.82, 2.24) is 15.3 Å². The normalized spacial score (nSPS) is 13.4. The van der Waals surface area contributed by atoms with E-state index in [9.17, 15) is 9.18 Å². The van der Waals surface area contributed by atoms with Gasteiger partial charge in [-0.05, 0) is 36.2 Å². The Kier molecular flexibility index (Phi) is 9.29. The predicted molar refractivity (Wildman–Crippen MR) is 145 cm³/mol. The first kappa shape index (κ1) is 26.8. The van der Waals surface area contributed by atoms with Crippen LogP contribution in [0.2, 0.25) is 5.15 Å². The molecule has 37 heavy (non-hydrogen) atoms. The number of nitrogens with zero attached hydrogens (tertiary/aromatic N) is 4. The van der Waals surface area contributed by atoms with E-state index < -0.39 is 0 Å². The Morgan fingerprint density at radius 3 is 2.49 bits per heavy atom. The molecule has 1 fully saturated rings. The lowest BCUT2D eigenvalue weighted by Gasteiger charge is -2.36. The molecular formula is C26H29ClFN5O3S. The van der Waals surface area contributed by atoms with Gasteiger partial charge in [0.25, 0.3) is 0 Å². The van der Waals surface area contributed by atoms with Gasteiger partial charge in [0.15, 0.2) is 16.7 Å². The van der Waals surface area contributed by atoms with E-state index in [2.05, 4.69) is 20.2 Å². The van der Waals surface area contributed by atoms with Crippen LogP contribution in [0.3, 0.4) is 0 Å². The third-order valence-corrected chi connectivity index (χ3v) is 7.01. The molecular weight excluding hydrogens is 517 g/mol. The largest absolute Gasteiger partial charge is 0.493 e. The van der Waals surface area contributed by atoms with E-state index in [0.717, 1.165) is 5.56 Å². The van der Waals surface area contributed by atoms with Crippen LogP contribution in [0.4, 0.5) is 15.9 Å². The quantitative estimate of drug-likeness (QED) is 0.232. The number of para-hydroxylation sites is 1. The van der Waals surface area contributed by atoms with Gasteiger partial charge in [-0.1, -0.05) is 41.6 Å². The van der Waals surface area contributed by atoms with Crippen molar-refractivity contribution in [2.75, 3.05) is 62.5 Å². The molecule has 11 heteroatoms. The summed E-state index contributed by atoms with van der Waals surface area (Å²) in [6, 6.07) is 14.2. The highest BCUT2D eigenvalue weighted by atomic mass is 35.5. The molecule has 196 valence electrons. The first-order valence-electron chi connectivity index (χ1n) is 11.9. The fraction of sp³-hybridized carbons (Fsp3) is 0.346. The van der Waals surface area contributed by atoms with Crippen LogP contribution in [0, 0.1) is 5.82 Å². The minimum Gasteiger partial charge on any atom is -0.493 e. The van der Waals surface area contributed by atoms with Gasteiger partial charge in [-0.3, -0.25) is 4.79 Å². The standard InChI is InChI=1S/C26H29ClFN5O3S/c1-35-21-8-7-18(15-22(21)36-2)9-10-29-25(34)17-37-26-30-23(27)16-24(31-26)33-13-11-32(12-14-33)20-6-4-3-5-19(20)28/h3-8,15-16H,9-14,17H2,1-2H3,(H,29,34). The van der Waals surface area contributed by atoms with E-state index >= 15 is 0 Å². The maximum absolute atomic E-state index is 14.1. The van der Waals surface area contributed by atoms with Crippen LogP contribution in [0.15, 0.2) is 53.7 Å². The van der Waals surface area contributed by atoms with Crippen molar-refractivity contribution in [3.05, 3.63) is 65.1 Å². The van der Waals surface area contributed by atoms with Gasteiger partial charge < -0.3 is 24.6 Å². The molecule has 8 nitrogen and oxygen atoms in total. The van der Waals surface area contributed by atoms with Gasteiger partial charge in [0.1, 0.15) is 16.8 Å². The lowest BCUT2D eigenvalue weighted by Crippen LogP contribution is -2.47. The average molecular weight is 546 g/mol. The molecule has 0 saturated carbocycles. The Balaban J connectivity index is 1.26. The molecule has 1 aliphatic rings. The van der Waals surface area contributed by atoms with Gasteiger partial charge in [0, 0.05) is 38.8 Å².